The summed E-state index contributed by atoms with van der Waals surface area (Å²) in [7, 11) is 0. The molecule has 2 aliphatic rings. The fourth-order valence-corrected chi connectivity index (χ4v) is 3.80. The van der Waals surface area contributed by atoms with E-state index in [2.05, 4.69) is 28.6 Å². The number of nitrogens with zero attached hydrogens (tertiary/aromatic N) is 1. The van der Waals surface area contributed by atoms with Crippen LogP contribution in [0.25, 0.3) is 0 Å². The van der Waals surface area contributed by atoms with Crippen LogP contribution in [0.5, 0.6) is 0 Å². The third kappa shape index (κ3) is 3.08. The minimum Gasteiger partial charge on any atom is -0.310 e. The molecule has 0 radical (unpaired) electrons. The number of rotatable bonds is 5. The SMILES string of the molecule is CC(NCC1CCN(C2CC2)C1)c1csc(Cl)c1. The number of hydrogen-bond donors (Lipinski definition) is 1. The smallest absolute Gasteiger partial charge is 0.0931 e. The average Bonchev–Trinajstić information content (AvgIpc) is 2.95. The third-order valence-electron chi connectivity index (χ3n) is 4.18. The first-order chi connectivity index (χ1) is 8.72. The first-order valence-electron chi connectivity index (χ1n) is 6.93. The van der Waals surface area contributed by atoms with Gasteiger partial charge in [0.25, 0.3) is 0 Å². The van der Waals surface area contributed by atoms with Gasteiger partial charge in [-0.15, -0.1) is 11.3 Å². The molecule has 2 nitrogen and oxygen atoms in total. The van der Waals surface area contributed by atoms with Crippen LogP contribution in [-0.2, 0) is 0 Å². The quantitative estimate of drug-likeness (QED) is 0.890. The molecule has 2 heterocycles. The van der Waals surface area contributed by atoms with Gasteiger partial charge in [0.2, 0.25) is 0 Å². The summed E-state index contributed by atoms with van der Waals surface area (Å²) in [5, 5.41) is 5.81. The lowest BCUT2D eigenvalue weighted by atomic mass is 10.1. The zero-order valence-electron chi connectivity index (χ0n) is 10.9. The minimum absolute atomic E-state index is 0.420. The van der Waals surface area contributed by atoms with Crippen molar-refractivity contribution in [2.24, 2.45) is 5.92 Å². The largest absolute Gasteiger partial charge is 0.310 e. The molecule has 1 saturated carbocycles. The number of hydrogen-bond acceptors (Lipinski definition) is 3. The van der Waals surface area contributed by atoms with Gasteiger partial charge in [0.1, 0.15) is 0 Å². The van der Waals surface area contributed by atoms with E-state index >= 15 is 0 Å². The Morgan fingerprint density at radius 1 is 1.50 bits per heavy atom. The Morgan fingerprint density at radius 2 is 2.33 bits per heavy atom. The van der Waals surface area contributed by atoms with E-state index in [1.54, 1.807) is 11.3 Å². The van der Waals surface area contributed by atoms with Gasteiger partial charge in [0.15, 0.2) is 0 Å². The summed E-state index contributed by atoms with van der Waals surface area (Å²) in [6.45, 7) is 5.98. The Balaban J connectivity index is 1.44. The van der Waals surface area contributed by atoms with Crippen LogP contribution in [0.15, 0.2) is 11.4 Å². The summed E-state index contributed by atoms with van der Waals surface area (Å²) in [6, 6.07) is 3.43. The molecule has 0 amide bonds. The molecule has 1 N–H and O–H groups in total. The van der Waals surface area contributed by atoms with Crippen molar-refractivity contribution in [3.05, 3.63) is 21.3 Å². The van der Waals surface area contributed by atoms with Gasteiger partial charge in [-0.2, -0.15) is 0 Å². The van der Waals surface area contributed by atoms with E-state index in [-0.39, 0.29) is 0 Å². The molecule has 2 unspecified atom stereocenters. The van der Waals surface area contributed by atoms with Crippen LogP contribution in [0.2, 0.25) is 4.34 Å². The molecule has 1 aliphatic heterocycles. The first kappa shape index (κ1) is 12.9. The maximum Gasteiger partial charge on any atom is 0.0931 e. The van der Waals surface area contributed by atoms with Crippen LogP contribution in [-0.4, -0.2) is 30.6 Å². The molecule has 2 atom stereocenters. The Morgan fingerprint density at radius 3 is 3.00 bits per heavy atom. The Kier molecular flexibility index (Phi) is 3.94. The van der Waals surface area contributed by atoms with Gasteiger partial charge in [-0.05, 0) is 62.2 Å². The van der Waals surface area contributed by atoms with Gasteiger partial charge in [0.05, 0.1) is 4.34 Å². The van der Waals surface area contributed by atoms with Gasteiger partial charge in [-0.25, -0.2) is 0 Å². The predicted octanol–water partition coefficient (Wildman–Crippen LogP) is 3.54. The Hall–Kier alpha value is -0.0900. The van der Waals surface area contributed by atoms with Gasteiger partial charge in [-0.1, -0.05) is 11.6 Å². The molecule has 4 heteroatoms. The predicted molar refractivity (Wildman–Crippen MR) is 78.4 cm³/mol. The minimum atomic E-state index is 0.420. The molecule has 1 aromatic heterocycles. The van der Waals surface area contributed by atoms with Crippen molar-refractivity contribution >= 4 is 22.9 Å². The number of halogens is 1. The lowest BCUT2D eigenvalue weighted by molar-refractivity contribution is 0.310. The third-order valence-corrected chi connectivity index (χ3v) is 5.29. The van der Waals surface area contributed by atoms with Crippen molar-refractivity contribution in [2.45, 2.75) is 38.3 Å². The summed E-state index contributed by atoms with van der Waals surface area (Å²) in [4.78, 5) is 2.68. The van der Waals surface area contributed by atoms with E-state index in [1.165, 1.54) is 37.9 Å². The molecule has 3 rings (SSSR count). The van der Waals surface area contributed by atoms with Gasteiger partial charge < -0.3 is 10.2 Å². The highest BCUT2D eigenvalue weighted by Gasteiger charge is 2.34. The number of likely N-dealkylation sites (tertiary alicyclic amines) is 1. The molecule has 1 aromatic rings. The molecule has 1 saturated heterocycles. The van der Waals surface area contributed by atoms with Crippen molar-refractivity contribution < 1.29 is 0 Å². The van der Waals surface area contributed by atoms with Crippen LogP contribution in [0.3, 0.4) is 0 Å². The van der Waals surface area contributed by atoms with Crippen molar-refractivity contribution in [1.82, 2.24) is 10.2 Å². The van der Waals surface area contributed by atoms with E-state index in [0.29, 0.717) is 6.04 Å². The summed E-state index contributed by atoms with van der Waals surface area (Å²) in [5.41, 5.74) is 1.32. The fourth-order valence-electron chi connectivity index (χ4n) is 2.81. The number of nitrogens with one attached hydrogen (secondary N) is 1. The van der Waals surface area contributed by atoms with Crippen LogP contribution in [0.4, 0.5) is 0 Å². The summed E-state index contributed by atoms with van der Waals surface area (Å²) >= 11 is 7.60. The van der Waals surface area contributed by atoms with Crippen molar-refractivity contribution in [3.8, 4) is 0 Å². The first-order valence-corrected chi connectivity index (χ1v) is 8.19. The highest BCUT2D eigenvalue weighted by Crippen LogP contribution is 2.31. The average molecular weight is 285 g/mol. The molecule has 0 spiro atoms. The van der Waals surface area contributed by atoms with Crippen molar-refractivity contribution in [2.75, 3.05) is 19.6 Å². The molecule has 0 bridgehead atoms. The molecule has 100 valence electrons. The zero-order chi connectivity index (χ0) is 12.5. The number of thiophene rings is 1. The maximum atomic E-state index is 5.98. The topological polar surface area (TPSA) is 15.3 Å². The van der Waals surface area contributed by atoms with Crippen molar-refractivity contribution in [1.29, 1.82) is 0 Å². The highest BCUT2D eigenvalue weighted by molar-refractivity contribution is 7.14. The van der Waals surface area contributed by atoms with E-state index < -0.39 is 0 Å². The van der Waals surface area contributed by atoms with Crippen LogP contribution in [0, 0.1) is 5.92 Å². The van der Waals surface area contributed by atoms with E-state index in [1.807, 2.05) is 0 Å². The summed E-state index contributed by atoms with van der Waals surface area (Å²) in [6.07, 6.45) is 4.23. The lowest BCUT2D eigenvalue weighted by Crippen LogP contribution is -2.29. The standard InChI is InChI=1S/C14H21ClN2S/c1-10(12-6-14(15)18-9-12)16-7-11-4-5-17(8-11)13-2-3-13/h6,9-11,13,16H,2-5,7-8H2,1H3. The van der Waals surface area contributed by atoms with Crippen molar-refractivity contribution in [3.63, 3.8) is 0 Å². The zero-order valence-corrected chi connectivity index (χ0v) is 12.4. The second-order valence-corrected chi connectivity index (χ2v) is 7.24. The lowest BCUT2D eigenvalue weighted by Gasteiger charge is -2.18. The van der Waals surface area contributed by atoms with E-state index in [9.17, 15) is 0 Å². The van der Waals surface area contributed by atoms with Crippen LogP contribution in [0.1, 0.15) is 37.8 Å². The van der Waals surface area contributed by atoms with E-state index in [0.717, 1.165) is 22.8 Å². The van der Waals surface area contributed by atoms with Gasteiger partial charge >= 0.3 is 0 Å². The molecule has 0 aromatic carbocycles. The second kappa shape index (κ2) is 5.49. The van der Waals surface area contributed by atoms with Gasteiger partial charge in [0, 0.05) is 18.6 Å². The normalized spacial score (nSPS) is 26.7. The molecular formula is C14H21ClN2S. The Bertz CT molecular complexity index is 402. The van der Waals surface area contributed by atoms with Crippen LogP contribution >= 0.6 is 22.9 Å². The molecular weight excluding hydrogens is 264 g/mol. The second-order valence-electron chi connectivity index (χ2n) is 5.69. The highest BCUT2D eigenvalue weighted by atomic mass is 35.5. The maximum absolute atomic E-state index is 5.98. The summed E-state index contributed by atoms with van der Waals surface area (Å²) < 4.78 is 0.888. The fraction of sp³-hybridized carbons (Fsp3) is 0.714. The van der Waals surface area contributed by atoms with Crippen LogP contribution < -0.4 is 5.32 Å². The molecule has 1 aliphatic carbocycles. The van der Waals surface area contributed by atoms with E-state index in [4.69, 9.17) is 11.6 Å². The Labute approximate surface area is 118 Å². The van der Waals surface area contributed by atoms with Gasteiger partial charge in [-0.3, -0.25) is 0 Å². The molecule has 18 heavy (non-hydrogen) atoms. The monoisotopic (exact) mass is 284 g/mol. The summed E-state index contributed by atoms with van der Waals surface area (Å²) in [5.74, 6) is 0.835. The molecule has 2 fully saturated rings.